The van der Waals surface area contributed by atoms with Gasteiger partial charge in [-0.2, -0.15) is 15.5 Å². The van der Waals surface area contributed by atoms with E-state index in [9.17, 15) is 0 Å². The number of azo groups is 1. The quantitative estimate of drug-likeness (QED) is 0.584. The summed E-state index contributed by atoms with van der Waals surface area (Å²) < 4.78 is 0. The van der Waals surface area contributed by atoms with Crippen LogP contribution in [0.1, 0.15) is 46.5 Å². The van der Waals surface area contributed by atoms with Crippen molar-refractivity contribution in [1.29, 1.82) is 5.26 Å². The van der Waals surface area contributed by atoms with Crippen LogP contribution < -0.4 is 0 Å². The SMILES string of the molecule is CC(C)(C)N=NC1=C(C#N)CCCC1. The Morgan fingerprint density at radius 3 is 2.43 bits per heavy atom. The van der Waals surface area contributed by atoms with E-state index in [2.05, 4.69) is 16.3 Å². The highest BCUT2D eigenvalue weighted by atomic mass is 15.1. The average Bonchev–Trinajstić information content (AvgIpc) is 2.14. The summed E-state index contributed by atoms with van der Waals surface area (Å²) in [6.07, 6.45) is 4.01. The monoisotopic (exact) mass is 191 g/mol. The largest absolute Gasteiger partial charge is 0.193 e. The molecule has 1 aliphatic rings. The van der Waals surface area contributed by atoms with E-state index in [0.717, 1.165) is 37.0 Å². The maximum Gasteiger partial charge on any atom is 0.0966 e. The fraction of sp³-hybridized carbons (Fsp3) is 0.727. The molecule has 0 spiro atoms. The first-order chi connectivity index (χ1) is 6.53. The smallest absolute Gasteiger partial charge is 0.0966 e. The van der Waals surface area contributed by atoms with Gasteiger partial charge in [0.1, 0.15) is 0 Å². The van der Waals surface area contributed by atoms with Crippen LogP contribution >= 0.6 is 0 Å². The van der Waals surface area contributed by atoms with Crippen LogP contribution in [-0.2, 0) is 0 Å². The first-order valence-electron chi connectivity index (χ1n) is 5.08. The lowest BCUT2D eigenvalue weighted by Gasteiger charge is -2.13. The van der Waals surface area contributed by atoms with Gasteiger partial charge in [0.05, 0.1) is 22.9 Å². The molecule has 3 heteroatoms. The standard InChI is InChI=1S/C11H17N3/c1-11(2,3)14-13-10-7-5-4-6-9(10)8-12/h4-7H2,1-3H3. The zero-order valence-corrected chi connectivity index (χ0v) is 9.17. The molecule has 0 aromatic carbocycles. The Balaban J connectivity index is 2.81. The van der Waals surface area contributed by atoms with Crippen LogP contribution in [0.3, 0.4) is 0 Å². The third kappa shape index (κ3) is 3.29. The molecule has 0 atom stereocenters. The van der Waals surface area contributed by atoms with E-state index in [1.54, 1.807) is 0 Å². The molecular formula is C11H17N3. The molecule has 0 saturated carbocycles. The highest BCUT2D eigenvalue weighted by Gasteiger charge is 2.13. The van der Waals surface area contributed by atoms with Crippen LogP contribution in [-0.4, -0.2) is 5.54 Å². The molecule has 0 aliphatic heterocycles. The van der Waals surface area contributed by atoms with E-state index < -0.39 is 0 Å². The summed E-state index contributed by atoms with van der Waals surface area (Å²) in [4.78, 5) is 0. The first-order valence-corrected chi connectivity index (χ1v) is 5.08. The van der Waals surface area contributed by atoms with Gasteiger partial charge < -0.3 is 0 Å². The molecule has 0 radical (unpaired) electrons. The van der Waals surface area contributed by atoms with Crippen molar-refractivity contribution in [2.24, 2.45) is 10.2 Å². The van der Waals surface area contributed by atoms with Crippen molar-refractivity contribution in [3.63, 3.8) is 0 Å². The number of hydrogen-bond acceptors (Lipinski definition) is 3. The molecule has 0 fully saturated rings. The second kappa shape index (κ2) is 4.36. The first kappa shape index (κ1) is 10.9. The molecule has 0 aromatic rings. The van der Waals surface area contributed by atoms with Gasteiger partial charge in [0, 0.05) is 0 Å². The van der Waals surface area contributed by atoms with Crippen molar-refractivity contribution in [2.45, 2.75) is 52.0 Å². The van der Waals surface area contributed by atoms with Gasteiger partial charge in [0.15, 0.2) is 0 Å². The van der Waals surface area contributed by atoms with E-state index in [-0.39, 0.29) is 5.54 Å². The van der Waals surface area contributed by atoms with Gasteiger partial charge in [-0.3, -0.25) is 0 Å². The van der Waals surface area contributed by atoms with Crippen LogP contribution in [0.5, 0.6) is 0 Å². The second-order valence-electron chi connectivity index (χ2n) is 4.61. The zero-order chi connectivity index (χ0) is 10.6. The lowest BCUT2D eigenvalue weighted by atomic mass is 9.98. The normalized spacial score (nSPS) is 18.7. The minimum Gasteiger partial charge on any atom is -0.193 e. The van der Waals surface area contributed by atoms with Gasteiger partial charge in [-0.05, 0) is 46.5 Å². The Labute approximate surface area is 85.5 Å². The minimum atomic E-state index is -0.148. The van der Waals surface area contributed by atoms with Gasteiger partial charge in [-0.25, -0.2) is 0 Å². The third-order valence-corrected chi connectivity index (χ3v) is 2.04. The van der Waals surface area contributed by atoms with E-state index in [0.29, 0.717) is 0 Å². The fourth-order valence-corrected chi connectivity index (χ4v) is 1.33. The Bertz CT molecular complexity index is 299. The number of nitriles is 1. The molecule has 14 heavy (non-hydrogen) atoms. The summed E-state index contributed by atoms with van der Waals surface area (Å²) in [7, 11) is 0. The molecule has 1 aliphatic carbocycles. The molecule has 0 bridgehead atoms. The molecule has 0 N–H and O–H groups in total. The number of hydrogen-bond donors (Lipinski definition) is 0. The minimum absolute atomic E-state index is 0.148. The van der Waals surface area contributed by atoms with E-state index in [1.165, 1.54) is 0 Å². The van der Waals surface area contributed by atoms with Crippen molar-refractivity contribution in [3.8, 4) is 6.07 Å². The summed E-state index contributed by atoms with van der Waals surface area (Å²) in [5.41, 5.74) is 1.57. The van der Waals surface area contributed by atoms with Gasteiger partial charge in [0.25, 0.3) is 0 Å². The van der Waals surface area contributed by atoms with Gasteiger partial charge in [-0.1, -0.05) is 0 Å². The van der Waals surface area contributed by atoms with Crippen molar-refractivity contribution >= 4 is 0 Å². The van der Waals surface area contributed by atoms with Gasteiger partial charge >= 0.3 is 0 Å². The molecule has 0 unspecified atom stereocenters. The van der Waals surface area contributed by atoms with Crippen molar-refractivity contribution < 1.29 is 0 Å². The molecular weight excluding hydrogens is 174 g/mol. The lowest BCUT2D eigenvalue weighted by molar-refractivity contribution is 0.539. The molecule has 0 heterocycles. The predicted molar refractivity (Wildman–Crippen MR) is 55.7 cm³/mol. The molecule has 3 nitrogen and oxygen atoms in total. The van der Waals surface area contributed by atoms with E-state index in [4.69, 9.17) is 5.26 Å². The molecule has 0 saturated heterocycles. The van der Waals surface area contributed by atoms with Crippen molar-refractivity contribution in [1.82, 2.24) is 0 Å². The maximum absolute atomic E-state index is 8.88. The Morgan fingerprint density at radius 2 is 1.86 bits per heavy atom. The number of allylic oxidation sites excluding steroid dienone is 2. The summed E-state index contributed by atoms with van der Waals surface area (Å²) in [6, 6.07) is 2.22. The zero-order valence-electron chi connectivity index (χ0n) is 9.17. The third-order valence-electron chi connectivity index (χ3n) is 2.04. The second-order valence-corrected chi connectivity index (χ2v) is 4.61. The highest BCUT2D eigenvalue weighted by Crippen LogP contribution is 2.26. The lowest BCUT2D eigenvalue weighted by Crippen LogP contribution is -2.08. The summed E-state index contributed by atoms with van der Waals surface area (Å²) in [6.45, 7) is 6.02. The van der Waals surface area contributed by atoms with Crippen LogP contribution in [0.2, 0.25) is 0 Å². The molecule has 1 rings (SSSR count). The number of nitrogens with zero attached hydrogens (tertiary/aromatic N) is 3. The van der Waals surface area contributed by atoms with Crippen molar-refractivity contribution in [2.75, 3.05) is 0 Å². The maximum atomic E-state index is 8.88. The van der Waals surface area contributed by atoms with Gasteiger partial charge in [0.2, 0.25) is 0 Å². The Hall–Kier alpha value is -1.17. The van der Waals surface area contributed by atoms with Crippen LogP contribution in [0.4, 0.5) is 0 Å². The van der Waals surface area contributed by atoms with Crippen LogP contribution in [0, 0.1) is 11.3 Å². The Kier molecular flexibility index (Phi) is 3.40. The highest BCUT2D eigenvalue weighted by molar-refractivity contribution is 5.28. The fourth-order valence-electron chi connectivity index (χ4n) is 1.33. The summed E-state index contributed by atoms with van der Waals surface area (Å²) in [5, 5.41) is 17.3. The van der Waals surface area contributed by atoms with Crippen molar-refractivity contribution in [3.05, 3.63) is 11.3 Å². The van der Waals surface area contributed by atoms with Crippen LogP contribution in [0.25, 0.3) is 0 Å². The Morgan fingerprint density at radius 1 is 1.21 bits per heavy atom. The topological polar surface area (TPSA) is 48.5 Å². The van der Waals surface area contributed by atoms with Gasteiger partial charge in [-0.15, -0.1) is 0 Å². The predicted octanol–water partition coefficient (Wildman–Crippen LogP) is 3.59. The van der Waals surface area contributed by atoms with E-state index in [1.807, 2.05) is 20.8 Å². The number of rotatable bonds is 1. The molecule has 0 aromatic heterocycles. The molecule has 0 amide bonds. The van der Waals surface area contributed by atoms with Crippen LogP contribution in [0.15, 0.2) is 21.5 Å². The van der Waals surface area contributed by atoms with E-state index >= 15 is 0 Å². The summed E-state index contributed by atoms with van der Waals surface area (Å²) in [5.74, 6) is 0. The molecule has 76 valence electrons. The average molecular weight is 191 g/mol. The summed E-state index contributed by atoms with van der Waals surface area (Å²) >= 11 is 0.